The first-order valence-corrected chi connectivity index (χ1v) is 5.77. The fraction of sp³-hybridized carbons (Fsp3) is 0.667. The molecule has 5 nitrogen and oxygen atoms in total. The van der Waals surface area contributed by atoms with Crippen LogP contribution < -0.4 is 5.73 Å². The Morgan fingerprint density at radius 2 is 2.27 bits per heavy atom. The molecular weight excluding hydrogens is 212 g/mol. The van der Waals surface area contributed by atoms with Crippen molar-refractivity contribution in [3.63, 3.8) is 0 Å². The molecule has 0 saturated heterocycles. The Balaban J connectivity index is 2.06. The van der Waals surface area contributed by atoms with Gasteiger partial charge in [0.25, 0.3) is 5.91 Å². The van der Waals surface area contributed by atoms with Crippen LogP contribution in [0.25, 0.3) is 0 Å². The number of carbonyl (C=O) groups excluding carboxylic acids is 1. The molecule has 1 heterocycles. The van der Waals surface area contributed by atoms with E-state index in [2.05, 4.69) is 17.1 Å². The van der Waals surface area contributed by atoms with Crippen molar-refractivity contribution in [3.8, 4) is 0 Å². The molecule has 1 fully saturated rings. The summed E-state index contributed by atoms with van der Waals surface area (Å²) < 4.78 is 0. The molecule has 0 spiro atoms. The third-order valence-corrected chi connectivity index (χ3v) is 3.60. The fourth-order valence-electron chi connectivity index (χ4n) is 1.55. The molecule has 6 heteroatoms. The second-order valence-corrected chi connectivity index (χ2v) is 4.95. The van der Waals surface area contributed by atoms with Crippen molar-refractivity contribution in [1.29, 1.82) is 0 Å². The summed E-state index contributed by atoms with van der Waals surface area (Å²) in [7, 11) is 1.81. The summed E-state index contributed by atoms with van der Waals surface area (Å²) in [5.74, 6) is 0.577. The normalized spacial score (nSPS) is 17.5. The van der Waals surface area contributed by atoms with Gasteiger partial charge >= 0.3 is 0 Å². The molecule has 1 aromatic rings. The summed E-state index contributed by atoms with van der Waals surface area (Å²) >= 11 is 1.14. The van der Waals surface area contributed by atoms with E-state index in [1.54, 1.807) is 4.90 Å². The molecule has 0 aliphatic heterocycles. The Morgan fingerprint density at radius 3 is 2.73 bits per heavy atom. The molecular formula is C9H14N4OS. The van der Waals surface area contributed by atoms with Crippen molar-refractivity contribution in [2.45, 2.75) is 25.8 Å². The topological polar surface area (TPSA) is 72.1 Å². The molecule has 0 radical (unpaired) electrons. The zero-order valence-electron chi connectivity index (χ0n) is 8.80. The van der Waals surface area contributed by atoms with Gasteiger partial charge < -0.3 is 10.6 Å². The molecule has 1 aliphatic carbocycles. The number of rotatable bonds is 3. The highest BCUT2D eigenvalue weighted by Crippen LogP contribution is 2.35. The molecule has 0 bridgehead atoms. The van der Waals surface area contributed by atoms with E-state index in [0.29, 0.717) is 16.1 Å². The molecule has 15 heavy (non-hydrogen) atoms. The van der Waals surface area contributed by atoms with Gasteiger partial charge in [-0.05, 0) is 25.7 Å². The van der Waals surface area contributed by atoms with E-state index in [9.17, 15) is 4.79 Å². The van der Waals surface area contributed by atoms with Gasteiger partial charge in [0.05, 0.1) is 0 Å². The molecule has 1 unspecified atom stereocenters. The summed E-state index contributed by atoms with van der Waals surface area (Å²) in [6.45, 7) is 2.07. The van der Waals surface area contributed by atoms with Crippen LogP contribution in [0, 0.1) is 5.92 Å². The van der Waals surface area contributed by atoms with E-state index < -0.39 is 0 Å². The number of amides is 1. The molecule has 2 N–H and O–H groups in total. The first kappa shape index (κ1) is 10.4. The quantitative estimate of drug-likeness (QED) is 0.834. The van der Waals surface area contributed by atoms with Crippen LogP contribution in [0.5, 0.6) is 0 Å². The number of nitrogens with two attached hydrogens (primary N) is 1. The van der Waals surface area contributed by atoms with E-state index in [-0.39, 0.29) is 11.9 Å². The number of hydrogen-bond donors (Lipinski definition) is 1. The van der Waals surface area contributed by atoms with Crippen molar-refractivity contribution in [1.82, 2.24) is 15.1 Å². The third-order valence-electron chi connectivity index (χ3n) is 2.86. The third kappa shape index (κ3) is 2.09. The van der Waals surface area contributed by atoms with Gasteiger partial charge in [0.15, 0.2) is 0 Å². The van der Waals surface area contributed by atoms with Gasteiger partial charge in [-0.2, -0.15) is 0 Å². The average Bonchev–Trinajstić information content (AvgIpc) is 2.98. The summed E-state index contributed by atoms with van der Waals surface area (Å²) in [5, 5.41) is 8.11. The molecule has 1 atom stereocenters. The Bertz CT molecular complexity index is 374. The summed E-state index contributed by atoms with van der Waals surface area (Å²) in [6.07, 6.45) is 2.44. The zero-order chi connectivity index (χ0) is 11.0. The van der Waals surface area contributed by atoms with Crippen molar-refractivity contribution < 1.29 is 4.79 Å². The molecule has 1 amide bonds. The lowest BCUT2D eigenvalue weighted by atomic mass is 10.2. The Labute approximate surface area is 92.3 Å². The summed E-state index contributed by atoms with van der Waals surface area (Å²) in [4.78, 5) is 13.6. The molecule has 1 aromatic heterocycles. The second-order valence-electron chi connectivity index (χ2n) is 3.94. The highest BCUT2D eigenvalue weighted by atomic mass is 32.1. The maximum atomic E-state index is 11.9. The van der Waals surface area contributed by atoms with E-state index >= 15 is 0 Å². The minimum Gasteiger partial charge on any atom is -0.374 e. The summed E-state index contributed by atoms with van der Waals surface area (Å²) in [5.41, 5.74) is 5.44. The largest absolute Gasteiger partial charge is 0.374 e. The van der Waals surface area contributed by atoms with Crippen molar-refractivity contribution >= 4 is 22.4 Å². The van der Waals surface area contributed by atoms with Gasteiger partial charge in [0, 0.05) is 13.1 Å². The van der Waals surface area contributed by atoms with E-state index in [4.69, 9.17) is 5.73 Å². The Morgan fingerprint density at radius 1 is 1.60 bits per heavy atom. The predicted molar refractivity (Wildman–Crippen MR) is 58.6 cm³/mol. The van der Waals surface area contributed by atoms with Crippen LogP contribution in [0.4, 0.5) is 5.13 Å². The lowest BCUT2D eigenvalue weighted by Gasteiger charge is -2.23. The molecule has 0 aromatic carbocycles. The van der Waals surface area contributed by atoms with Gasteiger partial charge in [-0.3, -0.25) is 4.79 Å². The van der Waals surface area contributed by atoms with Crippen LogP contribution >= 0.6 is 11.3 Å². The van der Waals surface area contributed by atoms with Crippen molar-refractivity contribution in [3.05, 3.63) is 5.01 Å². The number of carbonyl (C=O) groups is 1. The number of hydrogen-bond acceptors (Lipinski definition) is 5. The Hall–Kier alpha value is -1.17. The zero-order valence-corrected chi connectivity index (χ0v) is 9.62. The minimum absolute atomic E-state index is 0.0800. The lowest BCUT2D eigenvalue weighted by molar-refractivity contribution is 0.0726. The van der Waals surface area contributed by atoms with Crippen LogP contribution in [0.2, 0.25) is 0 Å². The van der Waals surface area contributed by atoms with E-state index in [0.717, 1.165) is 11.3 Å². The second kappa shape index (κ2) is 3.77. The van der Waals surface area contributed by atoms with Crippen LogP contribution in [0.3, 0.4) is 0 Å². The van der Waals surface area contributed by atoms with Crippen LogP contribution in [-0.2, 0) is 0 Å². The fourth-order valence-corrected chi connectivity index (χ4v) is 2.14. The monoisotopic (exact) mass is 226 g/mol. The number of nitrogens with zero attached hydrogens (tertiary/aromatic N) is 3. The number of nitrogen functional groups attached to an aromatic ring is 1. The first-order chi connectivity index (χ1) is 7.09. The predicted octanol–water partition coefficient (Wildman–Crippen LogP) is 0.991. The van der Waals surface area contributed by atoms with Crippen molar-refractivity contribution in [2.24, 2.45) is 5.92 Å². The highest BCUT2D eigenvalue weighted by molar-refractivity contribution is 7.16. The molecule has 2 rings (SSSR count). The summed E-state index contributed by atoms with van der Waals surface area (Å²) in [6, 6.07) is 0.280. The van der Waals surface area contributed by atoms with Gasteiger partial charge in [-0.15, -0.1) is 10.2 Å². The number of anilines is 1. The van der Waals surface area contributed by atoms with Crippen LogP contribution in [-0.4, -0.2) is 34.1 Å². The molecule has 82 valence electrons. The molecule has 1 saturated carbocycles. The van der Waals surface area contributed by atoms with Gasteiger partial charge in [-0.25, -0.2) is 0 Å². The van der Waals surface area contributed by atoms with Crippen LogP contribution in [0.1, 0.15) is 29.6 Å². The smallest absolute Gasteiger partial charge is 0.284 e. The van der Waals surface area contributed by atoms with Crippen molar-refractivity contribution in [2.75, 3.05) is 12.8 Å². The first-order valence-electron chi connectivity index (χ1n) is 4.95. The number of aromatic nitrogens is 2. The van der Waals surface area contributed by atoms with Gasteiger partial charge in [0.1, 0.15) is 0 Å². The minimum atomic E-state index is -0.0800. The average molecular weight is 226 g/mol. The SMILES string of the molecule is CC(C1CC1)N(C)C(=O)c1nnc(N)s1. The van der Waals surface area contributed by atoms with Gasteiger partial charge in [0.2, 0.25) is 10.1 Å². The standard InChI is InChI=1S/C9H14N4OS/c1-5(6-3-4-6)13(2)8(14)7-11-12-9(10)15-7/h5-6H,3-4H2,1-2H3,(H2,10,12). The maximum absolute atomic E-state index is 11.9. The highest BCUT2D eigenvalue weighted by Gasteiger charge is 2.33. The Kier molecular flexibility index (Phi) is 2.60. The molecule has 1 aliphatic rings. The van der Waals surface area contributed by atoms with Crippen LogP contribution in [0.15, 0.2) is 0 Å². The lowest BCUT2D eigenvalue weighted by Crippen LogP contribution is -2.36. The van der Waals surface area contributed by atoms with E-state index in [1.165, 1.54) is 12.8 Å². The maximum Gasteiger partial charge on any atom is 0.284 e. The van der Waals surface area contributed by atoms with E-state index in [1.807, 2.05) is 7.05 Å². The van der Waals surface area contributed by atoms with Gasteiger partial charge in [-0.1, -0.05) is 11.3 Å².